The van der Waals surface area contributed by atoms with Crippen LogP contribution in [0.15, 0.2) is 28.7 Å². The number of anilines is 1. The highest BCUT2D eigenvalue weighted by atomic mass is 16.5. The van der Waals surface area contributed by atoms with Crippen molar-refractivity contribution in [1.82, 2.24) is 19.7 Å². The number of fused-ring (bicyclic) bond motifs is 2. The molecule has 7 heteroatoms. The number of hydrogen-bond acceptors (Lipinski definition) is 6. The van der Waals surface area contributed by atoms with Gasteiger partial charge in [0.25, 0.3) is 6.01 Å². The Labute approximate surface area is 127 Å². The Hall–Kier alpha value is -2.41. The van der Waals surface area contributed by atoms with E-state index in [1.165, 1.54) is 0 Å². The first-order valence-corrected chi connectivity index (χ1v) is 7.35. The second-order valence-corrected chi connectivity index (χ2v) is 5.43. The minimum absolute atomic E-state index is 0.234. The summed E-state index contributed by atoms with van der Waals surface area (Å²) in [5.74, 6) is 1.75. The number of nitrogens with zero attached hydrogens (tertiary/aromatic N) is 4. The van der Waals surface area contributed by atoms with Crippen LogP contribution in [0.2, 0.25) is 0 Å². The number of hydrogen-bond donors (Lipinski definition) is 1. The van der Waals surface area contributed by atoms with E-state index < -0.39 is 0 Å². The van der Waals surface area contributed by atoms with Gasteiger partial charge in [-0.1, -0.05) is 12.1 Å². The molecule has 0 fully saturated rings. The van der Waals surface area contributed by atoms with Gasteiger partial charge in [-0.05, 0) is 18.6 Å². The Morgan fingerprint density at radius 2 is 2.27 bits per heavy atom. The van der Waals surface area contributed by atoms with Crippen molar-refractivity contribution < 1.29 is 9.15 Å². The molecule has 0 bridgehead atoms. The number of ether oxygens (including phenoxy) is 1. The van der Waals surface area contributed by atoms with Gasteiger partial charge in [0.2, 0.25) is 0 Å². The van der Waals surface area contributed by atoms with Crippen LogP contribution in [0.4, 0.5) is 6.01 Å². The molecule has 1 N–H and O–H groups in total. The summed E-state index contributed by atoms with van der Waals surface area (Å²) in [6.45, 7) is 1.20. The lowest BCUT2D eigenvalue weighted by molar-refractivity contribution is 0.177. The number of para-hydroxylation sites is 2. The van der Waals surface area contributed by atoms with Crippen molar-refractivity contribution in [2.45, 2.75) is 32.0 Å². The molecule has 1 atom stereocenters. The highest BCUT2D eigenvalue weighted by molar-refractivity contribution is 5.74. The van der Waals surface area contributed by atoms with Crippen LogP contribution in [0.3, 0.4) is 0 Å². The predicted octanol–water partition coefficient (Wildman–Crippen LogP) is 1.99. The third kappa shape index (κ3) is 2.43. The molecule has 7 nitrogen and oxygen atoms in total. The summed E-state index contributed by atoms with van der Waals surface area (Å²) in [6, 6.07) is 8.55. The lowest BCUT2D eigenvalue weighted by atomic mass is 10.1. The first-order chi connectivity index (χ1) is 10.8. The normalized spacial score (nSPS) is 17.6. The minimum Gasteiger partial charge on any atom is -0.424 e. The van der Waals surface area contributed by atoms with Gasteiger partial charge in [0, 0.05) is 13.5 Å². The Balaban J connectivity index is 1.49. The molecule has 2 aromatic heterocycles. The maximum Gasteiger partial charge on any atom is 0.295 e. The van der Waals surface area contributed by atoms with Gasteiger partial charge in [-0.2, -0.15) is 10.1 Å². The largest absolute Gasteiger partial charge is 0.424 e. The first-order valence-electron chi connectivity index (χ1n) is 7.35. The van der Waals surface area contributed by atoms with Gasteiger partial charge in [-0.25, -0.2) is 9.67 Å². The zero-order valence-corrected chi connectivity index (χ0v) is 12.3. The van der Waals surface area contributed by atoms with Gasteiger partial charge in [-0.3, -0.25) is 0 Å². The summed E-state index contributed by atoms with van der Waals surface area (Å²) in [5.41, 5.74) is 1.66. The van der Waals surface area contributed by atoms with Gasteiger partial charge in [0.05, 0.1) is 12.6 Å². The van der Waals surface area contributed by atoms with E-state index in [2.05, 4.69) is 20.4 Å². The molecule has 4 rings (SSSR count). The molecule has 1 aliphatic heterocycles. The number of rotatable bonds is 4. The van der Waals surface area contributed by atoms with E-state index in [4.69, 9.17) is 9.15 Å². The van der Waals surface area contributed by atoms with Crippen molar-refractivity contribution >= 4 is 17.1 Å². The highest BCUT2D eigenvalue weighted by Crippen LogP contribution is 2.21. The van der Waals surface area contributed by atoms with Crippen LogP contribution in [-0.4, -0.2) is 32.9 Å². The highest BCUT2D eigenvalue weighted by Gasteiger charge is 2.22. The molecule has 3 aromatic rings. The number of aromatic nitrogens is 4. The number of benzene rings is 1. The zero-order valence-electron chi connectivity index (χ0n) is 12.3. The summed E-state index contributed by atoms with van der Waals surface area (Å²) in [5, 5.41) is 7.82. The van der Waals surface area contributed by atoms with Gasteiger partial charge in [0.15, 0.2) is 11.4 Å². The van der Waals surface area contributed by atoms with Crippen molar-refractivity contribution in [2.24, 2.45) is 0 Å². The van der Waals surface area contributed by atoms with Crippen LogP contribution in [0.1, 0.15) is 18.1 Å². The predicted molar refractivity (Wildman–Crippen MR) is 80.5 cm³/mol. The summed E-state index contributed by atoms with van der Waals surface area (Å²) in [6.07, 6.45) is 1.86. The van der Waals surface area contributed by atoms with Gasteiger partial charge < -0.3 is 14.5 Å². The molecule has 1 unspecified atom stereocenters. The van der Waals surface area contributed by atoms with E-state index in [0.29, 0.717) is 12.6 Å². The third-order valence-electron chi connectivity index (χ3n) is 3.80. The molecular formula is C15H17N5O2. The molecule has 114 valence electrons. The zero-order chi connectivity index (χ0) is 14.9. The Morgan fingerprint density at radius 3 is 3.14 bits per heavy atom. The molecule has 0 spiro atoms. The van der Waals surface area contributed by atoms with Crippen LogP contribution in [-0.2, 0) is 24.3 Å². The fraction of sp³-hybridized carbons (Fsp3) is 0.400. The third-order valence-corrected chi connectivity index (χ3v) is 3.80. The summed E-state index contributed by atoms with van der Waals surface area (Å²) in [4.78, 5) is 8.93. The molecular weight excluding hydrogens is 282 g/mol. The van der Waals surface area contributed by atoms with Crippen molar-refractivity contribution in [3.05, 3.63) is 35.9 Å². The molecule has 0 radical (unpaired) electrons. The lowest BCUT2D eigenvalue weighted by Crippen LogP contribution is -2.32. The van der Waals surface area contributed by atoms with Crippen molar-refractivity contribution in [1.29, 1.82) is 0 Å². The Morgan fingerprint density at radius 1 is 1.36 bits per heavy atom. The average molecular weight is 299 g/mol. The smallest absolute Gasteiger partial charge is 0.295 e. The molecule has 0 saturated carbocycles. The summed E-state index contributed by atoms with van der Waals surface area (Å²) >= 11 is 0. The van der Waals surface area contributed by atoms with Crippen molar-refractivity contribution in [3.63, 3.8) is 0 Å². The summed E-state index contributed by atoms with van der Waals surface area (Å²) < 4.78 is 12.7. The van der Waals surface area contributed by atoms with E-state index in [1.807, 2.05) is 28.9 Å². The SMILES string of the molecule is COCc1nc2n(n1)CC(Nc1nc3ccccc3o1)CC2. The van der Waals surface area contributed by atoms with E-state index >= 15 is 0 Å². The maximum atomic E-state index is 5.72. The molecule has 1 aliphatic rings. The fourth-order valence-corrected chi connectivity index (χ4v) is 2.78. The minimum atomic E-state index is 0.234. The number of nitrogens with one attached hydrogen (secondary N) is 1. The van der Waals surface area contributed by atoms with Gasteiger partial charge in [0.1, 0.15) is 17.9 Å². The van der Waals surface area contributed by atoms with Crippen LogP contribution in [0, 0.1) is 0 Å². The fourth-order valence-electron chi connectivity index (χ4n) is 2.78. The van der Waals surface area contributed by atoms with E-state index in [1.54, 1.807) is 7.11 Å². The van der Waals surface area contributed by atoms with Crippen LogP contribution in [0.5, 0.6) is 0 Å². The van der Waals surface area contributed by atoms with E-state index in [9.17, 15) is 0 Å². The van der Waals surface area contributed by atoms with E-state index in [0.717, 1.165) is 42.1 Å². The topological polar surface area (TPSA) is 78.0 Å². The van der Waals surface area contributed by atoms with Crippen molar-refractivity contribution in [2.75, 3.05) is 12.4 Å². The Bertz CT molecular complexity index is 761. The molecule has 1 aromatic carbocycles. The second-order valence-electron chi connectivity index (χ2n) is 5.43. The molecule has 3 heterocycles. The first kappa shape index (κ1) is 13.3. The molecule has 0 saturated heterocycles. The van der Waals surface area contributed by atoms with Gasteiger partial charge in [-0.15, -0.1) is 0 Å². The number of methoxy groups -OCH3 is 1. The molecule has 0 aliphatic carbocycles. The molecule has 0 amide bonds. The second kappa shape index (κ2) is 5.42. The van der Waals surface area contributed by atoms with Crippen molar-refractivity contribution in [3.8, 4) is 0 Å². The lowest BCUT2D eigenvalue weighted by Gasteiger charge is -2.22. The number of oxazole rings is 1. The Kier molecular flexibility index (Phi) is 3.27. The van der Waals surface area contributed by atoms with E-state index in [-0.39, 0.29) is 6.04 Å². The average Bonchev–Trinajstić information content (AvgIpc) is 3.09. The summed E-state index contributed by atoms with van der Waals surface area (Å²) in [7, 11) is 1.65. The van der Waals surface area contributed by atoms with Crippen LogP contribution in [0.25, 0.3) is 11.1 Å². The monoisotopic (exact) mass is 299 g/mol. The quantitative estimate of drug-likeness (QED) is 0.794. The molecule has 22 heavy (non-hydrogen) atoms. The van der Waals surface area contributed by atoms with Crippen LogP contribution >= 0.6 is 0 Å². The number of aryl methyl sites for hydroxylation is 1. The standard InChI is InChI=1S/C15H17N5O2/c1-21-9-13-18-14-7-6-10(8-20(14)19-13)16-15-17-11-4-2-3-5-12(11)22-15/h2-5,10H,6-9H2,1H3,(H,16,17). The van der Waals surface area contributed by atoms with Crippen LogP contribution < -0.4 is 5.32 Å². The van der Waals surface area contributed by atoms with Gasteiger partial charge >= 0.3 is 0 Å². The maximum absolute atomic E-state index is 5.72.